The van der Waals surface area contributed by atoms with E-state index in [1.807, 2.05) is 6.07 Å². The molecule has 0 saturated carbocycles. The second-order valence-corrected chi connectivity index (χ2v) is 4.83. The van der Waals surface area contributed by atoms with Gasteiger partial charge in [0.15, 0.2) is 0 Å². The van der Waals surface area contributed by atoms with Crippen molar-refractivity contribution >= 4 is 17.3 Å². The van der Waals surface area contributed by atoms with Gasteiger partial charge < -0.3 is 10.2 Å². The minimum Gasteiger partial charge on any atom is -0.382 e. The molecule has 0 bridgehead atoms. The number of anilines is 1. The predicted molar refractivity (Wildman–Crippen MR) is 71.7 cm³/mol. The number of rotatable bonds is 4. The molecule has 4 nitrogen and oxygen atoms in total. The standard InChI is InChI=1S/C12H19ClN4/c1-16-6-8-17(9-7-16)5-4-15-12-2-3-14-10-11(12)13/h2-3,10H,4-9H2,1H3,(H,14,15). The van der Waals surface area contributed by atoms with Gasteiger partial charge in [0, 0.05) is 51.7 Å². The molecule has 0 aromatic carbocycles. The van der Waals surface area contributed by atoms with E-state index in [1.165, 1.54) is 0 Å². The number of piperazine rings is 1. The van der Waals surface area contributed by atoms with Gasteiger partial charge in [0.05, 0.1) is 10.7 Å². The van der Waals surface area contributed by atoms with E-state index in [2.05, 4.69) is 27.1 Å². The molecule has 0 aliphatic carbocycles. The molecule has 1 aliphatic heterocycles. The Hall–Kier alpha value is -0.840. The van der Waals surface area contributed by atoms with Crippen molar-refractivity contribution in [3.8, 4) is 0 Å². The zero-order valence-corrected chi connectivity index (χ0v) is 11.0. The number of hydrogen-bond donors (Lipinski definition) is 1. The van der Waals surface area contributed by atoms with Crippen molar-refractivity contribution in [1.82, 2.24) is 14.8 Å². The van der Waals surface area contributed by atoms with Crippen LogP contribution in [0.4, 0.5) is 5.69 Å². The van der Waals surface area contributed by atoms with Gasteiger partial charge in [-0.2, -0.15) is 0 Å². The summed E-state index contributed by atoms with van der Waals surface area (Å²) in [6.07, 6.45) is 3.42. The second-order valence-electron chi connectivity index (χ2n) is 4.43. The Morgan fingerprint density at radius 1 is 1.35 bits per heavy atom. The Balaban J connectivity index is 1.71. The van der Waals surface area contributed by atoms with Crippen molar-refractivity contribution in [3.63, 3.8) is 0 Å². The van der Waals surface area contributed by atoms with Gasteiger partial charge in [-0.15, -0.1) is 0 Å². The van der Waals surface area contributed by atoms with Crippen molar-refractivity contribution < 1.29 is 0 Å². The van der Waals surface area contributed by atoms with E-state index in [-0.39, 0.29) is 0 Å². The Labute approximate surface area is 108 Å². The Morgan fingerprint density at radius 2 is 2.12 bits per heavy atom. The largest absolute Gasteiger partial charge is 0.382 e. The van der Waals surface area contributed by atoms with Gasteiger partial charge in [-0.25, -0.2) is 0 Å². The van der Waals surface area contributed by atoms with Gasteiger partial charge in [0.2, 0.25) is 0 Å². The van der Waals surface area contributed by atoms with Gasteiger partial charge >= 0.3 is 0 Å². The molecule has 2 heterocycles. The molecule has 17 heavy (non-hydrogen) atoms. The molecule has 0 atom stereocenters. The molecule has 0 radical (unpaired) electrons. The van der Waals surface area contributed by atoms with E-state index >= 15 is 0 Å². The second kappa shape index (κ2) is 6.19. The summed E-state index contributed by atoms with van der Waals surface area (Å²) in [4.78, 5) is 8.80. The topological polar surface area (TPSA) is 31.4 Å². The molecule has 0 unspecified atom stereocenters. The van der Waals surface area contributed by atoms with E-state index < -0.39 is 0 Å². The smallest absolute Gasteiger partial charge is 0.0820 e. The summed E-state index contributed by atoms with van der Waals surface area (Å²) < 4.78 is 0. The van der Waals surface area contributed by atoms with Crippen LogP contribution in [0, 0.1) is 0 Å². The van der Waals surface area contributed by atoms with Gasteiger partial charge in [-0.3, -0.25) is 9.88 Å². The van der Waals surface area contributed by atoms with Crippen LogP contribution < -0.4 is 5.32 Å². The molecule has 1 aromatic rings. The summed E-state index contributed by atoms with van der Waals surface area (Å²) in [6, 6.07) is 1.91. The summed E-state index contributed by atoms with van der Waals surface area (Å²) in [6.45, 7) is 6.62. The lowest BCUT2D eigenvalue weighted by atomic mass is 10.3. The van der Waals surface area contributed by atoms with Crippen molar-refractivity contribution in [2.45, 2.75) is 0 Å². The van der Waals surface area contributed by atoms with E-state index in [1.54, 1.807) is 12.4 Å². The van der Waals surface area contributed by atoms with Crippen LogP contribution in [0.5, 0.6) is 0 Å². The number of halogens is 1. The molecule has 0 spiro atoms. The molecule has 1 saturated heterocycles. The molecule has 1 aliphatic rings. The molecule has 1 aromatic heterocycles. The third-order valence-corrected chi connectivity index (χ3v) is 3.41. The number of pyridine rings is 1. The lowest BCUT2D eigenvalue weighted by Gasteiger charge is -2.32. The minimum absolute atomic E-state index is 0.686. The van der Waals surface area contributed by atoms with Crippen molar-refractivity contribution in [1.29, 1.82) is 0 Å². The van der Waals surface area contributed by atoms with Crippen LogP contribution in [-0.4, -0.2) is 61.1 Å². The first-order valence-corrected chi connectivity index (χ1v) is 6.38. The van der Waals surface area contributed by atoms with Gasteiger partial charge in [-0.05, 0) is 13.1 Å². The van der Waals surface area contributed by atoms with Crippen molar-refractivity contribution in [3.05, 3.63) is 23.5 Å². The van der Waals surface area contributed by atoms with Crippen LogP contribution in [-0.2, 0) is 0 Å². The maximum atomic E-state index is 6.02. The quantitative estimate of drug-likeness (QED) is 0.880. The van der Waals surface area contributed by atoms with E-state index in [0.717, 1.165) is 45.0 Å². The summed E-state index contributed by atoms with van der Waals surface area (Å²) >= 11 is 6.02. The summed E-state index contributed by atoms with van der Waals surface area (Å²) in [5.41, 5.74) is 0.968. The molecule has 1 N–H and O–H groups in total. The Morgan fingerprint density at radius 3 is 2.82 bits per heavy atom. The average Bonchev–Trinajstić information content (AvgIpc) is 2.34. The predicted octanol–water partition coefficient (Wildman–Crippen LogP) is 1.39. The third-order valence-electron chi connectivity index (χ3n) is 3.11. The van der Waals surface area contributed by atoms with Crippen LogP contribution in [0.1, 0.15) is 0 Å². The van der Waals surface area contributed by atoms with Crippen molar-refractivity contribution in [2.24, 2.45) is 0 Å². The van der Waals surface area contributed by atoms with Crippen LogP contribution in [0.2, 0.25) is 5.02 Å². The lowest BCUT2D eigenvalue weighted by Crippen LogP contribution is -2.45. The van der Waals surface area contributed by atoms with Gasteiger partial charge in [-0.1, -0.05) is 11.6 Å². The Bertz CT molecular complexity index is 350. The van der Waals surface area contributed by atoms with Crippen LogP contribution in [0.15, 0.2) is 18.5 Å². The first-order valence-electron chi connectivity index (χ1n) is 6.00. The summed E-state index contributed by atoms with van der Waals surface area (Å²) in [7, 11) is 2.17. The average molecular weight is 255 g/mol. The number of hydrogen-bond acceptors (Lipinski definition) is 4. The minimum atomic E-state index is 0.686. The van der Waals surface area contributed by atoms with Crippen LogP contribution in [0.25, 0.3) is 0 Å². The molecular formula is C12H19ClN4. The zero-order valence-electron chi connectivity index (χ0n) is 10.2. The maximum absolute atomic E-state index is 6.02. The van der Waals surface area contributed by atoms with Crippen LogP contribution >= 0.6 is 11.6 Å². The molecule has 0 amide bonds. The first-order chi connectivity index (χ1) is 8.25. The summed E-state index contributed by atoms with van der Waals surface area (Å²) in [5, 5.41) is 4.03. The first kappa shape index (κ1) is 12.6. The zero-order chi connectivity index (χ0) is 12.1. The van der Waals surface area contributed by atoms with E-state index in [4.69, 9.17) is 11.6 Å². The number of nitrogens with zero attached hydrogens (tertiary/aromatic N) is 3. The van der Waals surface area contributed by atoms with Gasteiger partial charge in [0.25, 0.3) is 0 Å². The van der Waals surface area contributed by atoms with Gasteiger partial charge in [0.1, 0.15) is 0 Å². The fraction of sp³-hybridized carbons (Fsp3) is 0.583. The number of nitrogens with one attached hydrogen (secondary N) is 1. The monoisotopic (exact) mass is 254 g/mol. The highest BCUT2D eigenvalue weighted by atomic mass is 35.5. The number of aromatic nitrogens is 1. The van der Waals surface area contributed by atoms with Crippen molar-refractivity contribution in [2.75, 3.05) is 51.6 Å². The summed E-state index contributed by atoms with van der Waals surface area (Å²) in [5.74, 6) is 0. The highest BCUT2D eigenvalue weighted by molar-refractivity contribution is 6.33. The Kier molecular flexibility index (Phi) is 4.59. The highest BCUT2D eigenvalue weighted by Gasteiger charge is 2.12. The maximum Gasteiger partial charge on any atom is 0.0820 e. The van der Waals surface area contributed by atoms with E-state index in [9.17, 15) is 0 Å². The third kappa shape index (κ3) is 3.84. The lowest BCUT2D eigenvalue weighted by molar-refractivity contribution is 0.158. The molecule has 5 heteroatoms. The fourth-order valence-electron chi connectivity index (χ4n) is 1.94. The highest BCUT2D eigenvalue weighted by Crippen LogP contribution is 2.18. The normalized spacial score (nSPS) is 18.2. The van der Waals surface area contributed by atoms with Crippen LogP contribution in [0.3, 0.4) is 0 Å². The SMILES string of the molecule is CN1CCN(CCNc2ccncc2Cl)CC1. The molecule has 1 fully saturated rings. The number of likely N-dealkylation sites (N-methyl/N-ethyl adjacent to an activating group) is 1. The van der Waals surface area contributed by atoms with E-state index in [0.29, 0.717) is 5.02 Å². The molecule has 94 valence electrons. The molecule has 2 rings (SSSR count). The fourth-order valence-corrected chi connectivity index (χ4v) is 2.12. The molecular weight excluding hydrogens is 236 g/mol.